The summed E-state index contributed by atoms with van der Waals surface area (Å²) in [6.45, 7) is 6.69. The molecule has 0 saturated carbocycles. The van der Waals surface area contributed by atoms with Crippen LogP contribution in [-0.4, -0.2) is 56.4 Å². The summed E-state index contributed by atoms with van der Waals surface area (Å²) in [6, 6.07) is 9.44. The molecule has 0 radical (unpaired) electrons. The van der Waals surface area contributed by atoms with Gasteiger partial charge >= 0.3 is 6.16 Å². The molecule has 1 aromatic rings. The Morgan fingerprint density at radius 3 is 2.43 bits per heavy atom. The van der Waals surface area contributed by atoms with E-state index < -0.39 is 12.3 Å². The van der Waals surface area contributed by atoms with Gasteiger partial charge in [-0.25, -0.2) is 4.79 Å². The van der Waals surface area contributed by atoms with E-state index in [1.165, 1.54) is 0 Å². The van der Waals surface area contributed by atoms with Crippen LogP contribution < -0.4 is 5.73 Å². The van der Waals surface area contributed by atoms with Crippen molar-refractivity contribution in [1.29, 1.82) is 0 Å². The van der Waals surface area contributed by atoms with Crippen LogP contribution in [0.25, 0.3) is 0 Å². The quantitative estimate of drug-likeness (QED) is 0.643. The van der Waals surface area contributed by atoms with E-state index in [9.17, 15) is 4.79 Å². The number of carbonyl (C=O) groups is 1. The molecule has 0 amide bonds. The molecule has 1 heterocycles. The summed E-state index contributed by atoms with van der Waals surface area (Å²) in [5.41, 5.74) is 6.14. The second-order valence-electron chi connectivity index (χ2n) is 7.87. The molecular weight excluding hydrogens is 362 g/mol. The normalized spacial score (nSPS) is 24.9. The summed E-state index contributed by atoms with van der Waals surface area (Å²) in [7, 11) is 1.64. The van der Waals surface area contributed by atoms with Gasteiger partial charge in [0.05, 0.1) is 11.7 Å². The van der Waals surface area contributed by atoms with Crippen LogP contribution in [-0.2, 0) is 30.3 Å². The van der Waals surface area contributed by atoms with Crippen LogP contribution in [0.5, 0.6) is 0 Å². The fraction of sp³-hybridized carbons (Fsp3) is 0.667. The van der Waals surface area contributed by atoms with Gasteiger partial charge in [-0.2, -0.15) is 0 Å². The van der Waals surface area contributed by atoms with Gasteiger partial charge in [-0.3, -0.25) is 0 Å². The molecule has 0 aromatic heterocycles. The van der Waals surface area contributed by atoms with Gasteiger partial charge in [0.25, 0.3) is 0 Å². The minimum Gasteiger partial charge on any atom is -0.431 e. The van der Waals surface area contributed by atoms with Gasteiger partial charge in [0.15, 0.2) is 0 Å². The minimum atomic E-state index is -0.735. The third-order valence-electron chi connectivity index (χ3n) is 4.43. The molecule has 0 bridgehead atoms. The maximum atomic E-state index is 12.0. The maximum absolute atomic E-state index is 12.0. The van der Waals surface area contributed by atoms with Crippen LogP contribution in [0.4, 0.5) is 4.79 Å². The maximum Gasteiger partial charge on any atom is 0.508 e. The van der Waals surface area contributed by atoms with Crippen molar-refractivity contribution in [2.45, 2.75) is 70.2 Å². The lowest BCUT2D eigenvalue weighted by Crippen LogP contribution is -2.43. The van der Waals surface area contributed by atoms with Crippen molar-refractivity contribution < 1.29 is 28.5 Å². The van der Waals surface area contributed by atoms with Crippen molar-refractivity contribution in [1.82, 2.24) is 0 Å². The third kappa shape index (κ3) is 7.05. The Morgan fingerprint density at radius 2 is 1.82 bits per heavy atom. The van der Waals surface area contributed by atoms with Crippen molar-refractivity contribution in [3.63, 3.8) is 0 Å². The fourth-order valence-electron chi connectivity index (χ4n) is 3.23. The van der Waals surface area contributed by atoms with E-state index in [1.54, 1.807) is 7.11 Å². The van der Waals surface area contributed by atoms with E-state index in [0.29, 0.717) is 6.54 Å². The molecule has 1 aliphatic heterocycles. The van der Waals surface area contributed by atoms with E-state index in [2.05, 4.69) is 0 Å². The lowest BCUT2D eigenvalue weighted by Gasteiger charge is -2.30. The zero-order valence-corrected chi connectivity index (χ0v) is 17.3. The van der Waals surface area contributed by atoms with Crippen molar-refractivity contribution in [3.05, 3.63) is 35.9 Å². The highest BCUT2D eigenvalue weighted by atomic mass is 16.7. The highest BCUT2D eigenvalue weighted by Crippen LogP contribution is 2.32. The number of hydrogen-bond donors (Lipinski definition) is 1. The van der Waals surface area contributed by atoms with Crippen LogP contribution in [0.2, 0.25) is 0 Å². The summed E-state index contributed by atoms with van der Waals surface area (Å²) in [6.07, 6.45) is -0.352. The number of carbonyl (C=O) groups excluding carboxylic acids is 1. The number of ether oxygens (including phenoxy) is 5. The van der Waals surface area contributed by atoms with Crippen LogP contribution in [0.1, 0.15) is 39.2 Å². The molecule has 7 nitrogen and oxygen atoms in total. The Bertz CT molecular complexity index is 588. The zero-order chi connectivity index (χ0) is 20.6. The molecule has 28 heavy (non-hydrogen) atoms. The molecule has 7 heteroatoms. The van der Waals surface area contributed by atoms with E-state index >= 15 is 0 Å². The Labute approximate surface area is 167 Å². The highest BCUT2D eigenvalue weighted by molar-refractivity contribution is 5.59. The highest BCUT2D eigenvalue weighted by Gasteiger charge is 2.47. The van der Waals surface area contributed by atoms with Gasteiger partial charge in [0.2, 0.25) is 0 Å². The van der Waals surface area contributed by atoms with Gasteiger partial charge in [0, 0.05) is 7.11 Å². The molecule has 2 N–H and O–H groups in total. The Balaban J connectivity index is 1.92. The molecule has 1 aromatic carbocycles. The first-order valence-corrected chi connectivity index (χ1v) is 9.73. The van der Waals surface area contributed by atoms with E-state index in [-0.39, 0.29) is 37.1 Å². The summed E-state index contributed by atoms with van der Waals surface area (Å²) < 4.78 is 28.4. The smallest absolute Gasteiger partial charge is 0.431 e. The molecule has 158 valence electrons. The van der Waals surface area contributed by atoms with Gasteiger partial charge in [-0.1, -0.05) is 30.3 Å². The Kier molecular flexibility index (Phi) is 8.69. The largest absolute Gasteiger partial charge is 0.508 e. The first kappa shape index (κ1) is 22.6. The SMILES string of the molecule is CO[C@H]1C(OC(C)(C)C)[C@@H](COC(=O)OCc2ccccc2)O[C@H]1CCCN. The minimum absolute atomic E-state index is 0.0351. The molecule has 1 saturated heterocycles. The van der Waals surface area contributed by atoms with E-state index in [0.717, 1.165) is 18.4 Å². The number of benzene rings is 1. The lowest BCUT2D eigenvalue weighted by atomic mass is 10.0. The predicted molar refractivity (Wildman–Crippen MR) is 105 cm³/mol. The monoisotopic (exact) mass is 395 g/mol. The molecule has 4 atom stereocenters. The summed E-state index contributed by atoms with van der Waals surface area (Å²) >= 11 is 0. The van der Waals surface area contributed by atoms with Gasteiger partial charge < -0.3 is 29.4 Å². The number of nitrogens with two attached hydrogens (primary N) is 1. The molecular formula is C21H33NO6. The molecule has 1 aliphatic rings. The molecule has 1 fully saturated rings. The second-order valence-corrected chi connectivity index (χ2v) is 7.87. The van der Waals surface area contributed by atoms with Crippen LogP contribution in [0, 0.1) is 0 Å². The molecule has 2 rings (SSSR count). The van der Waals surface area contributed by atoms with Crippen LogP contribution in [0.15, 0.2) is 30.3 Å². The second kappa shape index (κ2) is 10.8. The van der Waals surface area contributed by atoms with E-state index in [4.69, 9.17) is 29.4 Å². The summed E-state index contributed by atoms with van der Waals surface area (Å²) in [4.78, 5) is 12.0. The summed E-state index contributed by atoms with van der Waals surface area (Å²) in [5, 5.41) is 0. The first-order chi connectivity index (χ1) is 13.3. The van der Waals surface area contributed by atoms with Crippen molar-refractivity contribution in [2.75, 3.05) is 20.3 Å². The Hall–Kier alpha value is -1.67. The van der Waals surface area contributed by atoms with Gasteiger partial charge in [-0.15, -0.1) is 0 Å². The lowest BCUT2D eigenvalue weighted by molar-refractivity contribution is -0.127. The number of hydrogen-bond acceptors (Lipinski definition) is 7. The topological polar surface area (TPSA) is 89.2 Å². The number of rotatable bonds is 9. The van der Waals surface area contributed by atoms with Crippen molar-refractivity contribution in [2.24, 2.45) is 5.73 Å². The van der Waals surface area contributed by atoms with Crippen molar-refractivity contribution >= 4 is 6.16 Å². The first-order valence-electron chi connectivity index (χ1n) is 9.73. The van der Waals surface area contributed by atoms with Crippen LogP contribution in [0.3, 0.4) is 0 Å². The standard InChI is InChI=1S/C21H33NO6/c1-21(2,3)28-19-17(27-16(11-8-12-22)18(19)24-4)14-26-20(23)25-13-15-9-6-5-7-10-15/h5-7,9-10,16-19H,8,11-14,22H2,1-4H3/t16-,17+,18+,19?/m0/s1. The molecule has 0 aliphatic carbocycles. The predicted octanol–water partition coefficient (Wildman–Crippen LogP) is 3.04. The van der Waals surface area contributed by atoms with E-state index in [1.807, 2.05) is 51.1 Å². The van der Waals surface area contributed by atoms with Crippen LogP contribution >= 0.6 is 0 Å². The van der Waals surface area contributed by atoms with Gasteiger partial charge in [-0.05, 0) is 45.7 Å². The van der Waals surface area contributed by atoms with Crippen molar-refractivity contribution in [3.8, 4) is 0 Å². The molecule has 1 unspecified atom stereocenters. The summed E-state index contributed by atoms with van der Waals surface area (Å²) in [5.74, 6) is 0. The molecule has 0 spiro atoms. The average molecular weight is 395 g/mol. The zero-order valence-electron chi connectivity index (χ0n) is 17.3. The average Bonchev–Trinajstić information content (AvgIpc) is 2.98. The third-order valence-corrected chi connectivity index (χ3v) is 4.43. The Morgan fingerprint density at radius 1 is 1.11 bits per heavy atom. The fourth-order valence-corrected chi connectivity index (χ4v) is 3.23. The number of methoxy groups -OCH3 is 1. The van der Waals surface area contributed by atoms with Gasteiger partial charge in [0.1, 0.15) is 31.5 Å².